The molecule has 3 nitrogen and oxygen atoms in total. The zero-order valence-electron chi connectivity index (χ0n) is 10.0. The summed E-state index contributed by atoms with van der Waals surface area (Å²) in [6.07, 6.45) is 2.92. The maximum Gasteiger partial charge on any atom is 0.105 e. The van der Waals surface area contributed by atoms with Gasteiger partial charge in [0.1, 0.15) is 13.2 Å². The van der Waals surface area contributed by atoms with Gasteiger partial charge in [-0.25, -0.2) is 0 Å². The summed E-state index contributed by atoms with van der Waals surface area (Å²) in [5.74, 6) is 0. The Kier molecular flexibility index (Phi) is 6.41. The van der Waals surface area contributed by atoms with Crippen molar-refractivity contribution in [3.8, 4) is 0 Å². The van der Waals surface area contributed by atoms with Crippen LogP contribution in [0.2, 0.25) is 0 Å². The molecule has 1 aromatic rings. The molecule has 0 saturated heterocycles. The van der Waals surface area contributed by atoms with Crippen LogP contribution in [0.3, 0.4) is 0 Å². The van der Waals surface area contributed by atoms with E-state index in [9.17, 15) is 0 Å². The average Bonchev–Trinajstić information content (AvgIpc) is 2.38. The molecule has 0 aliphatic rings. The molecule has 3 heteroatoms. The Labute approximate surface area is 103 Å². The smallest absolute Gasteiger partial charge is 0.105 e. The molecular formula is C14H19NO2. The first kappa shape index (κ1) is 13.2. The molecule has 0 atom stereocenters. The van der Waals surface area contributed by atoms with Crippen LogP contribution in [0.1, 0.15) is 0 Å². The van der Waals surface area contributed by atoms with Crippen LogP contribution in [0.5, 0.6) is 0 Å². The lowest BCUT2D eigenvalue weighted by atomic mass is 10.3. The van der Waals surface area contributed by atoms with Gasteiger partial charge in [0.05, 0.1) is 25.6 Å². The molecule has 92 valence electrons. The summed E-state index contributed by atoms with van der Waals surface area (Å²) in [4.78, 5) is 2.20. The van der Waals surface area contributed by atoms with Crippen molar-refractivity contribution in [2.24, 2.45) is 0 Å². The van der Waals surface area contributed by atoms with E-state index in [-0.39, 0.29) is 0 Å². The van der Waals surface area contributed by atoms with E-state index in [1.54, 1.807) is 0 Å². The third-order valence-corrected chi connectivity index (χ3v) is 2.32. The third kappa shape index (κ3) is 5.11. The van der Waals surface area contributed by atoms with E-state index in [1.165, 1.54) is 12.5 Å². The molecule has 0 fully saturated rings. The molecule has 0 spiro atoms. The molecule has 0 bridgehead atoms. The van der Waals surface area contributed by atoms with E-state index in [2.05, 4.69) is 30.2 Å². The normalized spacial score (nSPS) is 9.41. The van der Waals surface area contributed by atoms with E-state index in [0.29, 0.717) is 13.2 Å². The highest BCUT2D eigenvalue weighted by molar-refractivity contribution is 5.45. The molecule has 17 heavy (non-hydrogen) atoms. The second-order valence-electron chi connectivity index (χ2n) is 3.40. The minimum atomic E-state index is 0.618. The summed E-state index contributed by atoms with van der Waals surface area (Å²) >= 11 is 0. The number of anilines is 1. The number of hydrogen-bond donors (Lipinski definition) is 0. The number of hydrogen-bond acceptors (Lipinski definition) is 3. The minimum Gasteiger partial charge on any atom is -0.500 e. The van der Waals surface area contributed by atoms with Crippen LogP contribution in [0, 0.1) is 0 Å². The van der Waals surface area contributed by atoms with Gasteiger partial charge in [-0.2, -0.15) is 0 Å². The molecule has 0 aliphatic carbocycles. The first-order valence-corrected chi connectivity index (χ1v) is 5.63. The van der Waals surface area contributed by atoms with Crippen LogP contribution in [0.4, 0.5) is 5.69 Å². The molecule has 0 N–H and O–H groups in total. The van der Waals surface area contributed by atoms with Gasteiger partial charge in [0.2, 0.25) is 0 Å². The van der Waals surface area contributed by atoms with Gasteiger partial charge in [-0.05, 0) is 12.1 Å². The topological polar surface area (TPSA) is 21.7 Å². The number of benzene rings is 1. The fourth-order valence-corrected chi connectivity index (χ4v) is 1.50. The van der Waals surface area contributed by atoms with E-state index in [0.717, 1.165) is 18.8 Å². The molecular weight excluding hydrogens is 214 g/mol. The lowest BCUT2D eigenvalue weighted by molar-refractivity contribution is 0.240. The van der Waals surface area contributed by atoms with E-state index in [1.807, 2.05) is 18.2 Å². The Morgan fingerprint density at radius 1 is 0.941 bits per heavy atom. The van der Waals surface area contributed by atoms with Crippen molar-refractivity contribution >= 4 is 5.69 Å². The lowest BCUT2D eigenvalue weighted by Crippen LogP contribution is -2.30. The zero-order chi connectivity index (χ0) is 12.3. The van der Waals surface area contributed by atoms with Crippen molar-refractivity contribution < 1.29 is 9.47 Å². The van der Waals surface area contributed by atoms with E-state index in [4.69, 9.17) is 9.47 Å². The molecule has 0 radical (unpaired) electrons. The van der Waals surface area contributed by atoms with Crippen molar-refractivity contribution in [2.75, 3.05) is 31.2 Å². The number of nitrogens with zero attached hydrogens (tertiary/aromatic N) is 1. The molecule has 0 aromatic heterocycles. The summed E-state index contributed by atoms with van der Waals surface area (Å²) < 4.78 is 10.3. The lowest BCUT2D eigenvalue weighted by Gasteiger charge is -2.24. The van der Waals surface area contributed by atoms with Crippen molar-refractivity contribution in [3.63, 3.8) is 0 Å². The van der Waals surface area contributed by atoms with Crippen molar-refractivity contribution in [1.29, 1.82) is 0 Å². The molecule has 0 unspecified atom stereocenters. The minimum absolute atomic E-state index is 0.618. The average molecular weight is 233 g/mol. The second kappa shape index (κ2) is 8.28. The molecule has 0 aliphatic heterocycles. The van der Waals surface area contributed by atoms with E-state index >= 15 is 0 Å². The summed E-state index contributed by atoms with van der Waals surface area (Å²) in [5, 5.41) is 0. The Hall–Kier alpha value is -1.90. The Bertz CT molecular complexity index is 310. The van der Waals surface area contributed by atoms with Crippen LogP contribution >= 0.6 is 0 Å². The van der Waals surface area contributed by atoms with Crippen molar-refractivity contribution in [3.05, 3.63) is 56.0 Å². The number of rotatable bonds is 9. The van der Waals surface area contributed by atoms with Gasteiger partial charge in [-0.1, -0.05) is 31.4 Å². The zero-order valence-corrected chi connectivity index (χ0v) is 10.0. The first-order chi connectivity index (χ1) is 8.38. The van der Waals surface area contributed by atoms with Gasteiger partial charge in [-0.3, -0.25) is 0 Å². The molecule has 1 rings (SSSR count). The van der Waals surface area contributed by atoms with Crippen molar-refractivity contribution in [2.45, 2.75) is 0 Å². The SMILES string of the molecule is C=COCCN(CCOC=C)c1ccccc1. The third-order valence-electron chi connectivity index (χ3n) is 2.32. The molecule has 0 heterocycles. The number of para-hydroxylation sites is 1. The predicted molar refractivity (Wildman–Crippen MR) is 71.0 cm³/mol. The van der Waals surface area contributed by atoms with Crippen molar-refractivity contribution in [1.82, 2.24) is 0 Å². The predicted octanol–water partition coefficient (Wildman–Crippen LogP) is 2.81. The van der Waals surface area contributed by atoms with Gasteiger partial charge in [0, 0.05) is 5.69 Å². The molecule has 1 aromatic carbocycles. The highest BCUT2D eigenvalue weighted by atomic mass is 16.5. The van der Waals surface area contributed by atoms with Crippen LogP contribution in [0.25, 0.3) is 0 Å². The summed E-state index contributed by atoms with van der Waals surface area (Å²) in [5.41, 5.74) is 1.16. The van der Waals surface area contributed by atoms with E-state index < -0.39 is 0 Å². The van der Waals surface area contributed by atoms with Crippen LogP contribution in [0.15, 0.2) is 56.0 Å². The quantitative estimate of drug-likeness (QED) is 0.483. The highest BCUT2D eigenvalue weighted by Crippen LogP contribution is 2.12. The van der Waals surface area contributed by atoms with Crippen LogP contribution < -0.4 is 4.90 Å². The summed E-state index contributed by atoms with van der Waals surface area (Å²) in [6.45, 7) is 9.89. The Morgan fingerprint density at radius 3 is 1.94 bits per heavy atom. The maximum absolute atomic E-state index is 5.15. The Balaban J connectivity index is 2.51. The van der Waals surface area contributed by atoms with Crippen LogP contribution in [-0.4, -0.2) is 26.3 Å². The van der Waals surface area contributed by atoms with Gasteiger partial charge >= 0.3 is 0 Å². The van der Waals surface area contributed by atoms with Gasteiger partial charge < -0.3 is 14.4 Å². The fraction of sp³-hybridized carbons (Fsp3) is 0.286. The first-order valence-electron chi connectivity index (χ1n) is 5.63. The van der Waals surface area contributed by atoms with Gasteiger partial charge in [0.25, 0.3) is 0 Å². The van der Waals surface area contributed by atoms with Gasteiger partial charge in [-0.15, -0.1) is 0 Å². The van der Waals surface area contributed by atoms with Crippen LogP contribution in [-0.2, 0) is 9.47 Å². The maximum atomic E-state index is 5.15. The highest BCUT2D eigenvalue weighted by Gasteiger charge is 2.05. The summed E-state index contributed by atoms with van der Waals surface area (Å²) in [6, 6.07) is 10.2. The largest absolute Gasteiger partial charge is 0.500 e. The number of ether oxygens (including phenoxy) is 2. The summed E-state index contributed by atoms with van der Waals surface area (Å²) in [7, 11) is 0. The second-order valence-corrected chi connectivity index (χ2v) is 3.40. The molecule has 0 amide bonds. The van der Waals surface area contributed by atoms with Gasteiger partial charge in [0.15, 0.2) is 0 Å². The molecule has 0 saturated carbocycles. The fourth-order valence-electron chi connectivity index (χ4n) is 1.50. The standard InChI is InChI=1S/C14H19NO2/c1-3-16-12-10-15(11-13-17-4-2)14-8-6-5-7-9-14/h3-9H,1-2,10-13H2. The monoisotopic (exact) mass is 233 g/mol. The Morgan fingerprint density at radius 2 is 1.47 bits per heavy atom.